The number of hydrogen-bond acceptors (Lipinski definition) is 6. The number of halogens is 1. The van der Waals surface area contributed by atoms with Gasteiger partial charge in [-0.2, -0.15) is 5.26 Å². The molecular weight excluding hydrogens is 528 g/mol. The van der Waals surface area contributed by atoms with Crippen LogP contribution < -0.4 is 9.47 Å². The van der Waals surface area contributed by atoms with Crippen molar-refractivity contribution in [1.29, 1.82) is 5.26 Å². The molecule has 0 atom stereocenters. The first kappa shape index (κ1) is 24.6. The largest absolute Gasteiger partial charge is 0.490 e. The van der Waals surface area contributed by atoms with Gasteiger partial charge in [0.25, 0.3) is 11.1 Å². The second-order valence-electron chi connectivity index (χ2n) is 7.59. The van der Waals surface area contributed by atoms with E-state index in [0.29, 0.717) is 46.3 Å². The van der Waals surface area contributed by atoms with Crippen LogP contribution in [-0.2, 0) is 17.9 Å². The van der Waals surface area contributed by atoms with E-state index in [4.69, 9.17) is 9.47 Å². The molecule has 8 heteroatoms. The van der Waals surface area contributed by atoms with E-state index in [1.807, 2.05) is 37.3 Å². The Bertz CT molecular complexity index is 1330. The summed E-state index contributed by atoms with van der Waals surface area (Å²) in [6.45, 7) is 2.77. The zero-order valence-corrected chi connectivity index (χ0v) is 21.3. The van der Waals surface area contributed by atoms with Crippen molar-refractivity contribution in [2.45, 2.75) is 20.1 Å². The number of rotatable bonds is 8. The third-order valence-corrected chi connectivity index (χ3v) is 6.65. The summed E-state index contributed by atoms with van der Waals surface area (Å²) in [4.78, 5) is 27.0. The van der Waals surface area contributed by atoms with Crippen LogP contribution in [0.2, 0.25) is 0 Å². The summed E-state index contributed by atoms with van der Waals surface area (Å²) in [5.74, 6) is 0.759. The molecule has 1 aliphatic heterocycles. The maximum Gasteiger partial charge on any atom is 0.293 e. The van der Waals surface area contributed by atoms with Crippen molar-refractivity contribution in [3.63, 3.8) is 0 Å². The van der Waals surface area contributed by atoms with E-state index < -0.39 is 0 Å². The lowest BCUT2D eigenvalue weighted by atomic mass is 10.1. The SMILES string of the molecule is CCOc1cc(/C=C2/SC(=O)N(Cc3ccccc3C#N)C2=O)ccc1OCc1ccc(Br)cc1. The number of carbonyl (C=O) groups excluding carboxylic acids is 2. The highest BCUT2D eigenvalue weighted by Gasteiger charge is 2.35. The van der Waals surface area contributed by atoms with Crippen molar-refractivity contribution in [3.05, 3.63) is 98.4 Å². The highest BCUT2D eigenvalue weighted by atomic mass is 79.9. The second-order valence-corrected chi connectivity index (χ2v) is 9.50. The third kappa shape index (κ3) is 5.94. The molecule has 0 aromatic heterocycles. The Morgan fingerprint density at radius 2 is 1.80 bits per heavy atom. The average Bonchev–Trinajstić information content (AvgIpc) is 3.12. The number of imide groups is 1. The molecular formula is C27H21BrN2O4S. The predicted octanol–water partition coefficient (Wildman–Crippen LogP) is 6.53. The van der Waals surface area contributed by atoms with Crippen molar-refractivity contribution >= 4 is 44.9 Å². The smallest absolute Gasteiger partial charge is 0.293 e. The number of ether oxygens (including phenoxy) is 2. The van der Waals surface area contributed by atoms with Gasteiger partial charge in [-0.15, -0.1) is 0 Å². The second kappa shape index (κ2) is 11.3. The molecule has 4 rings (SSSR count). The molecule has 176 valence electrons. The van der Waals surface area contributed by atoms with E-state index in [-0.39, 0.29) is 17.7 Å². The first-order chi connectivity index (χ1) is 17.0. The predicted molar refractivity (Wildman–Crippen MR) is 139 cm³/mol. The van der Waals surface area contributed by atoms with Crippen LogP contribution in [0.15, 0.2) is 76.1 Å². The Hall–Kier alpha value is -3.54. The molecule has 35 heavy (non-hydrogen) atoms. The van der Waals surface area contributed by atoms with Gasteiger partial charge in [-0.05, 0) is 71.8 Å². The molecule has 0 radical (unpaired) electrons. The minimum atomic E-state index is -0.388. The molecule has 0 unspecified atom stereocenters. The molecule has 1 heterocycles. The highest BCUT2D eigenvalue weighted by Crippen LogP contribution is 2.36. The fourth-order valence-corrected chi connectivity index (χ4v) is 4.57. The van der Waals surface area contributed by atoms with Crippen molar-refractivity contribution < 1.29 is 19.1 Å². The minimum absolute atomic E-state index is 0.0543. The van der Waals surface area contributed by atoms with Crippen molar-refractivity contribution in [2.75, 3.05) is 6.61 Å². The summed E-state index contributed by atoms with van der Waals surface area (Å²) in [5.41, 5.74) is 2.80. The molecule has 0 saturated carbocycles. The Morgan fingerprint density at radius 1 is 1.03 bits per heavy atom. The van der Waals surface area contributed by atoms with E-state index >= 15 is 0 Å². The summed E-state index contributed by atoms with van der Waals surface area (Å²) in [5, 5.41) is 8.93. The first-order valence-electron chi connectivity index (χ1n) is 10.9. The van der Waals surface area contributed by atoms with Crippen LogP contribution in [0.3, 0.4) is 0 Å². The molecule has 3 aromatic rings. The van der Waals surface area contributed by atoms with Gasteiger partial charge in [0.15, 0.2) is 11.5 Å². The molecule has 1 saturated heterocycles. The van der Waals surface area contributed by atoms with Crippen molar-refractivity contribution in [2.24, 2.45) is 0 Å². The summed E-state index contributed by atoms with van der Waals surface area (Å²) in [7, 11) is 0. The number of carbonyl (C=O) groups is 2. The molecule has 0 spiro atoms. The monoisotopic (exact) mass is 548 g/mol. The Morgan fingerprint density at radius 3 is 2.54 bits per heavy atom. The summed E-state index contributed by atoms with van der Waals surface area (Å²) in [6.07, 6.45) is 1.67. The van der Waals surface area contributed by atoms with E-state index in [2.05, 4.69) is 22.0 Å². The Balaban J connectivity index is 1.51. The fourth-order valence-electron chi connectivity index (χ4n) is 3.47. The summed E-state index contributed by atoms with van der Waals surface area (Å²) in [6, 6.07) is 22.3. The van der Waals surface area contributed by atoms with E-state index in [1.54, 1.807) is 42.5 Å². The number of nitriles is 1. The summed E-state index contributed by atoms with van der Waals surface area (Å²) >= 11 is 4.30. The van der Waals surface area contributed by atoms with Gasteiger partial charge in [0.2, 0.25) is 0 Å². The Labute approximate surface area is 216 Å². The van der Waals surface area contributed by atoms with Crippen LogP contribution >= 0.6 is 27.7 Å². The lowest BCUT2D eigenvalue weighted by Gasteiger charge is -2.14. The van der Waals surface area contributed by atoms with Crippen LogP contribution in [0.25, 0.3) is 6.08 Å². The molecule has 2 amide bonds. The molecule has 0 bridgehead atoms. The standard InChI is InChI=1S/C27H21BrN2O4S/c1-2-33-24-13-19(9-12-23(24)34-17-18-7-10-22(28)11-8-18)14-25-26(31)30(27(32)35-25)16-21-6-4-3-5-20(21)15-29/h3-14H,2,16-17H2,1H3/b25-14+. The van der Waals surface area contributed by atoms with Crippen LogP contribution in [0.5, 0.6) is 11.5 Å². The van der Waals surface area contributed by atoms with E-state index in [0.717, 1.165) is 26.7 Å². The first-order valence-corrected chi connectivity index (χ1v) is 12.5. The summed E-state index contributed by atoms with van der Waals surface area (Å²) < 4.78 is 12.7. The van der Waals surface area contributed by atoms with Crippen molar-refractivity contribution in [3.8, 4) is 17.6 Å². The number of benzene rings is 3. The van der Waals surface area contributed by atoms with Gasteiger partial charge in [0.05, 0.1) is 29.7 Å². The number of hydrogen-bond donors (Lipinski definition) is 0. The van der Waals surface area contributed by atoms with Gasteiger partial charge >= 0.3 is 0 Å². The normalized spacial score (nSPS) is 14.3. The van der Waals surface area contributed by atoms with Gasteiger partial charge in [-0.3, -0.25) is 14.5 Å². The van der Waals surface area contributed by atoms with Crippen molar-refractivity contribution in [1.82, 2.24) is 4.90 Å². The third-order valence-electron chi connectivity index (χ3n) is 5.21. The van der Waals surface area contributed by atoms with E-state index in [1.165, 1.54) is 0 Å². The lowest BCUT2D eigenvalue weighted by molar-refractivity contribution is -0.123. The average molecular weight is 549 g/mol. The molecule has 1 fully saturated rings. The maximum absolute atomic E-state index is 13.0. The number of thioether (sulfide) groups is 1. The zero-order valence-electron chi connectivity index (χ0n) is 18.9. The van der Waals surface area contributed by atoms with Crippen LogP contribution in [0, 0.1) is 11.3 Å². The van der Waals surface area contributed by atoms with Gasteiger partial charge in [0.1, 0.15) is 6.61 Å². The molecule has 6 nitrogen and oxygen atoms in total. The topological polar surface area (TPSA) is 79.6 Å². The minimum Gasteiger partial charge on any atom is -0.490 e. The van der Waals surface area contributed by atoms with Gasteiger partial charge < -0.3 is 9.47 Å². The van der Waals surface area contributed by atoms with Gasteiger partial charge in [-0.25, -0.2) is 0 Å². The van der Waals surface area contributed by atoms with Crippen LogP contribution in [0.4, 0.5) is 4.79 Å². The molecule has 1 aliphatic rings. The molecule has 0 N–H and O–H groups in total. The number of amides is 2. The molecule has 0 aliphatic carbocycles. The van der Waals surface area contributed by atoms with E-state index in [9.17, 15) is 14.9 Å². The molecule has 3 aromatic carbocycles. The quantitative estimate of drug-likeness (QED) is 0.297. The van der Waals surface area contributed by atoms with Gasteiger partial charge in [0, 0.05) is 4.47 Å². The van der Waals surface area contributed by atoms with Crippen LogP contribution in [-0.4, -0.2) is 22.7 Å². The zero-order chi connectivity index (χ0) is 24.8. The maximum atomic E-state index is 13.0. The van der Waals surface area contributed by atoms with Crippen LogP contribution in [0.1, 0.15) is 29.2 Å². The number of nitrogens with zero attached hydrogens (tertiary/aromatic N) is 2. The van der Waals surface area contributed by atoms with Gasteiger partial charge in [-0.1, -0.05) is 52.3 Å². The highest BCUT2D eigenvalue weighted by molar-refractivity contribution is 9.10. The fraction of sp³-hybridized carbons (Fsp3) is 0.148. The Kier molecular flexibility index (Phi) is 7.91. The lowest BCUT2D eigenvalue weighted by Crippen LogP contribution is -2.27.